The number of halogens is 1. The van der Waals surface area contributed by atoms with Crippen molar-refractivity contribution in [2.45, 2.75) is 37.8 Å². The monoisotopic (exact) mass is 396 g/mol. The van der Waals surface area contributed by atoms with Crippen molar-refractivity contribution in [2.75, 3.05) is 19.6 Å². The number of hydrogen-bond donors (Lipinski definition) is 1. The lowest BCUT2D eigenvalue weighted by molar-refractivity contribution is -0.122. The Balaban J connectivity index is 1.41. The van der Waals surface area contributed by atoms with E-state index in [0.29, 0.717) is 18.8 Å². The van der Waals surface area contributed by atoms with Gasteiger partial charge in [-0.1, -0.05) is 6.07 Å². The second-order valence-electron chi connectivity index (χ2n) is 8.56. The van der Waals surface area contributed by atoms with Crippen LogP contribution in [0, 0.1) is 17.7 Å². The van der Waals surface area contributed by atoms with Gasteiger partial charge in [-0.15, -0.1) is 0 Å². The molecule has 7 heteroatoms. The molecule has 1 saturated heterocycles. The number of hydrogen-bond acceptors (Lipinski definition) is 4. The van der Waals surface area contributed by atoms with Crippen molar-refractivity contribution in [2.24, 2.45) is 11.8 Å². The smallest absolute Gasteiger partial charge is 0.251 e. The molecule has 2 fully saturated rings. The highest BCUT2D eigenvalue weighted by atomic mass is 19.1. The minimum Gasteiger partial charge on any atom is -0.354 e. The Labute approximate surface area is 168 Å². The first-order chi connectivity index (χ1) is 14.1. The number of aromatic nitrogens is 2. The SMILES string of the molecule is O=C(NC[C@H]1[C@H]2C[C@H](CN(Cc3ncccc3F)C2)c2cccc(=O)n21)C1CC1. The highest BCUT2D eigenvalue weighted by molar-refractivity contribution is 5.80. The Hall–Kier alpha value is -2.54. The van der Waals surface area contributed by atoms with E-state index in [0.717, 1.165) is 38.0 Å². The van der Waals surface area contributed by atoms with Crippen molar-refractivity contribution in [1.82, 2.24) is 19.8 Å². The molecule has 1 N–H and O–H groups in total. The zero-order valence-electron chi connectivity index (χ0n) is 16.3. The normalized spacial score (nSPS) is 26.0. The molecule has 3 aliphatic rings. The van der Waals surface area contributed by atoms with Gasteiger partial charge >= 0.3 is 0 Å². The summed E-state index contributed by atoms with van der Waals surface area (Å²) in [4.78, 5) is 31.3. The van der Waals surface area contributed by atoms with Gasteiger partial charge in [0.05, 0.1) is 11.7 Å². The second kappa shape index (κ2) is 7.37. The molecule has 6 nitrogen and oxygen atoms in total. The first kappa shape index (κ1) is 18.5. The summed E-state index contributed by atoms with van der Waals surface area (Å²) in [5.41, 5.74) is 1.47. The third kappa shape index (κ3) is 3.59. The molecule has 0 spiro atoms. The average molecular weight is 396 g/mol. The zero-order chi connectivity index (χ0) is 20.0. The summed E-state index contributed by atoms with van der Waals surface area (Å²) in [5, 5.41) is 3.07. The van der Waals surface area contributed by atoms with E-state index in [4.69, 9.17) is 0 Å². The molecule has 1 aliphatic carbocycles. The van der Waals surface area contributed by atoms with Crippen LogP contribution in [0.4, 0.5) is 4.39 Å². The van der Waals surface area contributed by atoms with E-state index in [-0.39, 0.29) is 41.1 Å². The lowest BCUT2D eigenvalue weighted by atomic mass is 9.78. The third-order valence-electron chi connectivity index (χ3n) is 6.52. The number of pyridine rings is 2. The van der Waals surface area contributed by atoms with Crippen molar-refractivity contribution < 1.29 is 9.18 Å². The Kier molecular flexibility index (Phi) is 4.70. The van der Waals surface area contributed by atoms with E-state index in [1.54, 1.807) is 18.3 Å². The standard InChI is InChI=1S/C22H25FN4O2/c23-17-3-2-8-24-18(17)13-26-11-15-9-16(12-26)20(10-25-22(29)14-6-7-14)27-19(15)4-1-5-21(27)28/h1-5,8,14-16,20H,6-7,9-13H2,(H,25,29)/t15-,16+,20+/m1/s1. The van der Waals surface area contributed by atoms with Crippen LogP contribution in [0.15, 0.2) is 41.3 Å². The first-order valence-electron chi connectivity index (χ1n) is 10.4. The molecule has 2 aliphatic heterocycles. The summed E-state index contributed by atoms with van der Waals surface area (Å²) in [5.74, 6) is 0.416. The molecule has 1 saturated carbocycles. The Bertz CT molecular complexity index is 987. The van der Waals surface area contributed by atoms with E-state index in [1.165, 1.54) is 6.07 Å². The molecule has 0 unspecified atom stereocenters. The summed E-state index contributed by atoms with van der Waals surface area (Å²) < 4.78 is 16.0. The third-order valence-corrected chi connectivity index (χ3v) is 6.52. The van der Waals surface area contributed by atoms with Crippen molar-refractivity contribution in [3.63, 3.8) is 0 Å². The molecule has 1 amide bonds. The number of amides is 1. The number of likely N-dealkylation sites (tertiary alicyclic amines) is 1. The summed E-state index contributed by atoms with van der Waals surface area (Å²) >= 11 is 0. The predicted molar refractivity (Wildman–Crippen MR) is 106 cm³/mol. The molecule has 2 aromatic heterocycles. The van der Waals surface area contributed by atoms with Gasteiger partial charge < -0.3 is 9.88 Å². The van der Waals surface area contributed by atoms with Gasteiger partial charge in [-0.05, 0) is 43.4 Å². The Morgan fingerprint density at radius 2 is 2.07 bits per heavy atom. The largest absolute Gasteiger partial charge is 0.354 e. The maximum absolute atomic E-state index is 14.1. The fraction of sp³-hybridized carbons (Fsp3) is 0.500. The van der Waals surface area contributed by atoms with Crippen LogP contribution in [0.2, 0.25) is 0 Å². The van der Waals surface area contributed by atoms with Crippen LogP contribution < -0.4 is 10.9 Å². The molecule has 152 valence electrons. The number of fused-ring (bicyclic) bond motifs is 4. The van der Waals surface area contributed by atoms with Gasteiger partial charge in [-0.2, -0.15) is 0 Å². The first-order valence-corrected chi connectivity index (χ1v) is 10.4. The molecule has 5 rings (SSSR count). The molecule has 4 heterocycles. The summed E-state index contributed by atoms with van der Waals surface area (Å²) in [7, 11) is 0. The van der Waals surface area contributed by atoms with Gasteiger partial charge in [0.25, 0.3) is 5.56 Å². The fourth-order valence-corrected chi connectivity index (χ4v) is 4.97. The Morgan fingerprint density at radius 1 is 1.21 bits per heavy atom. The molecular weight excluding hydrogens is 371 g/mol. The van der Waals surface area contributed by atoms with Crippen molar-refractivity contribution in [3.8, 4) is 0 Å². The second-order valence-corrected chi connectivity index (χ2v) is 8.56. The van der Waals surface area contributed by atoms with E-state index in [9.17, 15) is 14.0 Å². The zero-order valence-corrected chi connectivity index (χ0v) is 16.3. The molecule has 0 radical (unpaired) electrons. The lowest BCUT2D eigenvalue weighted by Gasteiger charge is -2.47. The van der Waals surface area contributed by atoms with Crippen LogP contribution in [-0.2, 0) is 11.3 Å². The van der Waals surface area contributed by atoms with E-state index in [1.807, 2.05) is 16.7 Å². The molecule has 0 aromatic carbocycles. The quantitative estimate of drug-likeness (QED) is 0.840. The minimum atomic E-state index is -0.284. The van der Waals surface area contributed by atoms with Gasteiger partial charge in [0.2, 0.25) is 5.91 Å². The number of carbonyl (C=O) groups is 1. The highest BCUT2D eigenvalue weighted by Crippen LogP contribution is 2.41. The van der Waals surface area contributed by atoms with Crippen LogP contribution >= 0.6 is 0 Å². The number of rotatable bonds is 5. The van der Waals surface area contributed by atoms with Crippen molar-refractivity contribution >= 4 is 5.91 Å². The van der Waals surface area contributed by atoms with Crippen molar-refractivity contribution in [3.05, 3.63) is 64.1 Å². The summed E-state index contributed by atoms with van der Waals surface area (Å²) in [6.07, 6.45) is 4.52. The molecule has 2 aromatic rings. The average Bonchev–Trinajstić information content (AvgIpc) is 3.55. The van der Waals surface area contributed by atoms with E-state index < -0.39 is 0 Å². The number of nitrogens with zero attached hydrogens (tertiary/aromatic N) is 3. The van der Waals surface area contributed by atoms with Crippen LogP contribution in [0.5, 0.6) is 0 Å². The number of piperidine rings is 1. The van der Waals surface area contributed by atoms with Gasteiger partial charge in [0.1, 0.15) is 5.82 Å². The fourth-order valence-electron chi connectivity index (χ4n) is 4.97. The Morgan fingerprint density at radius 3 is 2.86 bits per heavy atom. The van der Waals surface area contributed by atoms with Crippen LogP contribution in [0.25, 0.3) is 0 Å². The minimum absolute atomic E-state index is 0.00732. The van der Waals surface area contributed by atoms with E-state index >= 15 is 0 Å². The summed E-state index contributed by atoms with van der Waals surface area (Å²) in [6, 6.07) is 8.40. The maximum atomic E-state index is 14.1. The molecular formula is C22H25FN4O2. The topological polar surface area (TPSA) is 67.2 Å². The van der Waals surface area contributed by atoms with Crippen LogP contribution in [0.1, 0.15) is 42.6 Å². The number of nitrogens with one attached hydrogen (secondary N) is 1. The molecule has 29 heavy (non-hydrogen) atoms. The van der Waals surface area contributed by atoms with Crippen LogP contribution in [0.3, 0.4) is 0 Å². The van der Waals surface area contributed by atoms with Crippen LogP contribution in [-0.4, -0.2) is 40.0 Å². The van der Waals surface area contributed by atoms with Gasteiger partial charge in [-0.3, -0.25) is 19.5 Å². The van der Waals surface area contributed by atoms with Gasteiger partial charge in [0, 0.05) is 56.0 Å². The van der Waals surface area contributed by atoms with Gasteiger partial charge in [0.15, 0.2) is 0 Å². The maximum Gasteiger partial charge on any atom is 0.251 e. The van der Waals surface area contributed by atoms with E-state index in [2.05, 4.69) is 15.2 Å². The van der Waals surface area contributed by atoms with Crippen molar-refractivity contribution in [1.29, 1.82) is 0 Å². The summed E-state index contributed by atoms with van der Waals surface area (Å²) in [6.45, 7) is 2.46. The molecule has 2 bridgehead atoms. The highest BCUT2D eigenvalue weighted by Gasteiger charge is 2.41. The molecule has 3 atom stereocenters. The van der Waals surface area contributed by atoms with Gasteiger partial charge in [-0.25, -0.2) is 4.39 Å². The predicted octanol–water partition coefficient (Wildman–Crippen LogP) is 2.07. The lowest BCUT2D eigenvalue weighted by Crippen LogP contribution is -2.51. The number of carbonyl (C=O) groups excluding carboxylic acids is 1.